The molecule has 0 spiro atoms. The van der Waals surface area contributed by atoms with Gasteiger partial charge in [0.25, 0.3) is 0 Å². The van der Waals surface area contributed by atoms with E-state index in [-0.39, 0.29) is 24.5 Å². The molecule has 2 aromatic rings. The molecule has 0 aliphatic carbocycles. The molecule has 2 unspecified atom stereocenters. The Hall–Kier alpha value is -1.72. The molecule has 4 rings (SSSR count). The Morgan fingerprint density at radius 3 is 1.45 bits per heavy atom. The SMILES string of the molecule is c1ccc([C@@H]2NC3CO[C@@H](c4ccccc4)NC3CO2)cc1. The molecule has 2 aromatic carbocycles. The Balaban J connectivity index is 1.43. The quantitative estimate of drug-likeness (QED) is 0.893. The summed E-state index contributed by atoms with van der Waals surface area (Å²) in [6.07, 6.45) is -0.109. The highest BCUT2D eigenvalue weighted by Crippen LogP contribution is 2.26. The van der Waals surface area contributed by atoms with E-state index in [0.717, 1.165) is 11.1 Å². The Morgan fingerprint density at radius 1 is 0.636 bits per heavy atom. The lowest BCUT2D eigenvalue weighted by Crippen LogP contribution is -2.62. The smallest absolute Gasteiger partial charge is 0.134 e. The number of fused-ring (bicyclic) bond motifs is 1. The summed E-state index contributed by atoms with van der Waals surface area (Å²) in [5.41, 5.74) is 2.32. The zero-order chi connectivity index (χ0) is 14.8. The van der Waals surface area contributed by atoms with Crippen LogP contribution in [-0.4, -0.2) is 25.3 Å². The molecule has 2 aliphatic heterocycles. The maximum atomic E-state index is 5.99. The molecule has 0 saturated carbocycles. The van der Waals surface area contributed by atoms with Crippen LogP contribution in [0.25, 0.3) is 0 Å². The van der Waals surface area contributed by atoms with Gasteiger partial charge in [-0.3, -0.25) is 10.6 Å². The van der Waals surface area contributed by atoms with Crippen LogP contribution in [0.2, 0.25) is 0 Å². The van der Waals surface area contributed by atoms with E-state index < -0.39 is 0 Å². The summed E-state index contributed by atoms with van der Waals surface area (Å²) in [5, 5.41) is 7.07. The Kier molecular flexibility index (Phi) is 3.91. The van der Waals surface area contributed by atoms with Gasteiger partial charge in [-0.2, -0.15) is 0 Å². The van der Waals surface area contributed by atoms with Crippen LogP contribution in [0.1, 0.15) is 23.6 Å². The van der Waals surface area contributed by atoms with Gasteiger partial charge in [0, 0.05) is 0 Å². The Labute approximate surface area is 130 Å². The lowest BCUT2D eigenvalue weighted by molar-refractivity contribution is -0.115. The van der Waals surface area contributed by atoms with Gasteiger partial charge in [-0.1, -0.05) is 60.7 Å². The molecule has 2 saturated heterocycles. The monoisotopic (exact) mass is 296 g/mol. The molecule has 2 fully saturated rings. The van der Waals surface area contributed by atoms with Crippen molar-refractivity contribution in [3.8, 4) is 0 Å². The second-order valence-corrected chi connectivity index (χ2v) is 5.79. The molecule has 2 aliphatic rings. The molecule has 0 radical (unpaired) electrons. The molecular formula is C18H20N2O2. The summed E-state index contributed by atoms with van der Waals surface area (Å²) in [7, 11) is 0. The molecule has 2 N–H and O–H groups in total. The number of ether oxygens (including phenoxy) is 2. The number of hydrogen-bond donors (Lipinski definition) is 2. The zero-order valence-corrected chi connectivity index (χ0v) is 12.3. The molecule has 0 aromatic heterocycles. The summed E-state index contributed by atoms with van der Waals surface area (Å²) in [4.78, 5) is 0. The predicted molar refractivity (Wildman–Crippen MR) is 84.1 cm³/mol. The number of nitrogens with one attached hydrogen (secondary N) is 2. The standard InChI is InChI=1S/C18H20N2O2/c1-3-7-13(8-4-1)17-19-15-12-22-18(20-16(15)11-21-17)14-9-5-2-6-10-14/h1-10,15-20H,11-12H2/t15?,16?,17-,18+. The fourth-order valence-electron chi connectivity index (χ4n) is 3.09. The molecule has 2 heterocycles. The minimum atomic E-state index is -0.0545. The van der Waals surface area contributed by atoms with Crippen LogP contribution < -0.4 is 10.6 Å². The van der Waals surface area contributed by atoms with E-state index in [0.29, 0.717) is 13.2 Å². The predicted octanol–water partition coefficient (Wildman–Crippen LogP) is 2.36. The maximum absolute atomic E-state index is 5.99. The van der Waals surface area contributed by atoms with E-state index in [4.69, 9.17) is 9.47 Å². The third-order valence-corrected chi connectivity index (χ3v) is 4.31. The highest BCUT2D eigenvalue weighted by Gasteiger charge is 2.36. The van der Waals surface area contributed by atoms with Crippen molar-refractivity contribution in [2.24, 2.45) is 0 Å². The second-order valence-electron chi connectivity index (χ2n) is 5.79. The van der Waals surface area contributed by atoms with E-state index in [9.17, 15) is 0 Å². The van der Waals surface area contributed by atoms with Crippen molar-refractivity contribution in [2.75, 3.05) is 13.2 Å². The molecule has 4 nitrogen and oxygen atoms in total. The van der Waals surface area contributed by atoms with Crippen LogP contribution in [0.3, 0.4) is 0 Å². The number of rotatable bonds is 2. The van der Waals surface area contributed by atoms with Gasteiger partial charge in [-0.15, -0.1) is 0 Å². The molecule has 0 bridgehead atoms. The topological polar surface area (TPSA) is 42.5 Å². The van der Waals surface area contributed by atoms with Crippen LogP contribution >= 0.6 is 0 Å². The van der Waals surface area contributed by atoms with Crippen LogP contribution in [0, 0.1) is 0 Å². The molecule has 114 valence electrons. The Morgan fingerprint density at radius 2 is 1.05 bits per heavy atom. The van der Waals surface area contributed by atoms with Crippen molar-refractivity contribution >= 4 is 0 Å². The molecular weight excluding hydrogens is 276 g/mol. The van der Waals surface area contributed by atoms with Gasteiger partial charge in [-0.05, 0) is 11.1 Å². The average molecular weight is 296 g/mol. The van der Waals surface area contributed by atoms with Crippen molar-refractivity contribution in [3.63, 3.8) is 0 Å². The normalized spacial score (nSPS) is 31.5. The number of benzene rings is 2. The molecule has 4 atom stereocenters. The lowest BCUT2D eigenvalue weighted by atomic mass is 10.0. The summed E-state index contributed by atoms with van der Waals surface area (Å²) < 4.78 is 12.0. The summed E-state index contributed by atoms with van der Waals surface area (Å²) in [6.45, 7) is 1.37. The molecule has 0 amide bonds. The third kappa shape index (κ3) is 2.78. The average Bonchev–Trinajstić information content (AvgIpc) is 2.62. The van der Waals surface area contributed by atoms with Gasteiger partial charge in [-0.25, -0.2) is 0 Å². The Bertz CT molecular complexity index is 549. The fourth-order valence-corrected chi connectivity index (χ4v) is 3.09. The summed E-state index contributed by atoms with van der Waals surface area (Å²) >= 11 is 0. The van der Waals surface area contributed by atoms with Crippen LogP contribution in [0.5, 0.6) is 0 Å². The van der Waals surface area contributed by atoms with Crippen LogP contribution in [0.4, 0.5) is 0 Å². The van der Waals surface area contributed by atoms with Gasteiger partial charge < -0.3 is 9.47 Å². The summed E-state index contributed by atoms with van der Waals surface area (Å²) in [5.74, 6) is 0. The largest absolute Gasteiger partial charge is 0.357 e. The second kappa shape index (κ2) is 6.18. The van der Waals surface area contributed by atoms with E-state index in [1.165, 1.54) is 0 Å². The third-order valence-electron chi connectivity index (χ3n) is 4.31. The molecule has 22 heavy (non-hydrogen) atoms. The highest BCUT2D eigenvalue weighted by molar-refractivity contribution is 5.20. The lowest BCUT2D eigenvalue weighted by Gasteiger charge is -2.43. The van der Waals surface area contributed by atoms with Crippen molar-refractivity contribution in [2.45, 2.75) is 24.5 Å². The molecule has 4 heteroatoms. The highest BCUT2D eigenvalue weighted by atomic mass is 16.5. The van der Waals surface area contributed by atoms with Crippen molar-refractivity contribution in [1.82, 2.24) is 10.6 Å². The van der Waals surface area contributed by atoms with Crippen LogP contribution in [0.15, 0.2) is 60.7 Å². The minimum Gasteiger partial charge on any atom is -0.357 e. The van der Waals surface area contributed by atoms with Gasteiger partial charge >= 0.3 is 0 Å². The first-order valence-electron chi connectivity index (χ1n) is 7.75. The van der Waals surface area contributed by atoms with Crippen molar-refractivity contribution in [1.29, 1.82) is 0 Å². The van der Waals surface area contributed by atoms with E-state index in [2.05, 4.69) is 34.9 Å². The first-order valence-corrected chi connectivity index (χ1v) is 7.75. The van der Waals surface area contributed by atoms with E-state index in [1.54, 1.807) is 0 Å². The van der Waals surface area contributed by atoms with Crippen LogP contribution in [-0.2, 0) is 9.47 Å². The fraction of sp³-hybridized carbons (Fsp3) is 0.333. The van der Waals surface area contributed by atoms with Gasteiger partial charge in [0.2, 0.25) is 0 Å². The summed E-state index contributed by atoms with van der Waals surface area (Å²) in [6, 6.07) is 21.0. The first-order chi connectivity index (χ1) is 10.9. The van der Waals surface area contributed by atoms with E-state index in [1.807, 2.05) is 36.4 Å². The van der Waals surface area contributed by atoms with Gasteiger partial charge in [0.1, 0.15) is 12.5 Å². The van der Waals surface area contributed by atoms with Crippen molar-refractivity contribution < 1.29 is 9.47 Å². The zero-order valence-electron chi connectivity index (χ0n) is 12.3. The first kappa shape index (κ1) is 13.9. The van der Waals surface area contributed by atoms with Gasteiger partial charge in [0.05, 0.1) is 25.3 Å². The number of hydrogen-bond acceptors (Lipinski definition) is 4. The van der Waals surface area contributed by atoms with Gasteiger partial charge in [0.15, 0.2) is 0 Å². The van der Waals surface area contributed by atoms with Crippen molar-refractivity contribution in [3.05, 3.63) is 71.8 Å². The van der Waals surface area contributed by atoms with E-state index >= 15 is 0 Å². The minimum absolute atomic E-state index is 0.0545. The maximum Gasteiger partial charge on any atom is 0.134 e.